The minimum absolute atomic E-state index is 0.0458. The average Bonchev–Trinajstić information content (AvgIpc) is 2.36. The molecule has 1 aromatic rings. The Balaban J connectivity index is 1.99. The number of rotatable bonds is 5. The Morgan fingerprint density at radius 3 is 2.89 bits per heavy atom. The molecule has 4 nitrogen and oxygen atoms in total. The molecule has 2 unspecified atom stereocenters. The summed E-state index contributed by atoms with van der Waals surface area (Å²) in [4.78, 5) is 0. The summed E-state index contributed by atoms with van der Waals surface area (Å²) in [6, 6.07) is 7.73. The summed E-state index contributed by atoms with van der Waals surface area (Å²) in [5, 5.41) is 10.3. The topological polar surface area (TPSA) is 63.6 Å². The molecule has 0 saturated heterocycles. The van der Waals surface area contributed by atoms with E-state index in [4.69, 9.17) is 4.74 Å². The first-order valence-electron chi connectivity index (χ1n) is 6.55. The molecule has 1 heterocycles. The number of aliphatic hydroxyl groups excluding tert-OH is 1. The van der Waals surface area contributed by atoms with E-state index in [1.165, 1.54) is 6.26 Å². The highest BCUT2D eigenvalue weighted by molar-refractivity contribution is 7.90. The monoisotopic (exact) mass is 284 g/mol. The zero-order valence-corrected chi connectivity index (χ0v) is 11.9. The fourth-order valence-electron chi connectivity index (χ4n) is 2.53. The lowest BCUT2D eigenvalue weighted by atomic mass is 9.86. The van der Waals surface area contributed by atoms with E-state index in [0.29, 0.717) is 19.4 Å². The minimum atomic E-state index is -2.95. The van der Waals surface area contributed by atoms with Gasteiger partial charge in [0.2, 0.25) is 0 Å². The van der Waals surface area contributed by atoms with Crippen molar-refractivity contribution in [3.8, 4) is 5.75 Å². The second-order valence-electron chi connectivity index (χ2n) is 5.12. The molecule has 2 rings (SSSR count). The number of fused-ring (bicyclic) bond motifs is 1. The van der Waals surface area contributed by atoms with Gasteiger partial charge in [0.15, 0.2) is 0 Å². The Morgan fingerprint density at radius 1 is 1.42 bits per heavy atom. The van der Waals surface area contributed by atoms with E-state index in [1.54, 1.807) is 0 Å². The molecule has 1 N–H and O–H groups in total. The van der Waals surface area contributed by atoms with Crippen LogP contribution in [0.5, 0.6) is 5.75 Å². The van der Waals surface area contributed by atoms with Crippen LogP contribution in [0.1, 0.15) is 30.7 Å². The number of aliphatic hydroxyl groups is 1. The van der Waals surface area contributed by atoms with Crippen LogP contribution in [0.4, 0.5) is 0 Å². The van der Waals surface area contributed by atoms with Crippen LogP contribution in [-0.2, 0) is 9.84 Å². The third kappa shape index (κ3) is 3.94. The van der Waals surface area contributed by atoms with E-state index in [9.17, 15) is 13.5 Å². The number of hydrogen-bond donors (Lipinski definition) is 1. The molecule has 0 amide bonds. The van der Waals surface area contributed by atoms with Crippen molar-refractivity contribution in [1.29, 1.82) is 0 Å². The third-order valence-corrected chi connectivity index (χ3v) is 4.51. The SMILES string of the molecule is CS(=O)(=O)CCCC(O)C1CCOc2ccccc21. The highest BCUT2D eigenvalue weighted by Crippen LogP contribution is 2.36. The Kier molecular flexibility index (Phi) is 4.47. The fourth-order valence-corrected chi connectivity index (χ4v) is 3.22. The molecule has 2 atom stereocenters. The highest BCUT2D eigenvalue weighted by atomic mass is 32.2. The second kappa shape index (κ2) is 5.92. The van der Waals surface area contributed by atoms with Crippen LogP contribution in [0.3, 0.4) is 0 Å². The number of sulfone groups is 1. The predicted molar refractivity (Wildman–Crippen MR) is 74.2 cm³/mol. The Morgan fingerprint density at radius 2 is 2.16 bits per heavy atom. The molecule has 1 aliphatic heterocycles. The van der Waals surface area contributed by atoms with Gasteiger partial charge < -0.3 is 9.84 Å². The first kappa shape index (κ1) is 14.3. The zero-order valence-electron chi connectivity index (χ0n) is 11.1. The normalized spacial score (nSPS) is 20.4. The summed E-state index contributed by atoms with van der Waals surface area (Å²) < 4.78 is 27.7. The number of hydrogen-bond acceptors (Lipinski definition) is 4. The summed E-state index contributed by atoms with van der Waals surface area (Å²) in [6.45, 7) is 0.602. The van der Waals surface area contributed by atoms with Gasteiger partial charge in [0.05, 0.1) is 12.7 Å². The molecule has 0 radical (unpaired) electrons. The van der Waals surface area contributed by atoms with Crippen LogP contribution in [-0.4, -0.2) is 38.2 Å². The zero-order chi connectivity index (χ0) is 13.9. The van der Waals surface area contributed by atoms with E-state index in [0.717, 1.165) is 17.7 Å². The van der Waals surface area contributed by atoms with Crippen molar-refractivity contribution < 1.29 is 18.3 Å². The molecule has 0 aromatic heterocycles. The molecule has 106 valence electrons. The van der Waals surface area contributed by atoms with Crippen LogP contribution >= 0.6 is 0 Å². The molecule has 1 aliphatic rings. The lowest BCUT2D eigenvalue weighted by molar-refractivity contribution is 0.108. The van der Waals surface area contributed by atoms with E-state index in [1.807, 2.05) is 24.3 Å². The second-order valence-corrected chi connectivity index (χ2v) is 7.38. The first-order chi connectivity index (χ1) is 8.97. The highest BCUT2D eigenvalue weighted by Gasteiger charge is 2.27. The summed E-state index contributed by atoms with van der Waals surface area (Å²) in [6.07, 6.45) is 2.50. The van der Waals surface area contributed by atoms with E-state index in [2.05, 4.69) is 0 Å². The average molecular weight is 284 g/mol. The van der Waals surface area contributed by atoms with Crippen molar-refractivity contribution >= 4 is 9.84 Å². The van der Waals surface area contributed by atoms with Gasteiger partial charge in [-0.05, 0) is 30.9 Å². The Bertz CT molecular complexity index is 524. The van der Waals surface area contributed by atoms with Gasteiger partial charge >= 0.3 is 0 Å². The minimum Gasteiger partial charge on any atom is -0.493 e. The molecule has 0 bridgehead atoms. The van der Waals surface area contributed by atoms with Crippen LogP contribution in [0, 0.1) is 0 Å². The Hall–Kier alpha value is -1.07. The molecular formula is C14H20O4S. The maximum Gasteiger partial charge on any atom is 0.147 e. The Labute approximate surface area is 114 Å². The number of benzene rings is 1. The molecule has 0 fully saturated rings. The fraction of sp³-hybridized carbons (Fsp3) is 0.571. The van der Waals surface area contributed by atoms with Gasteiger partial charge in [-0.2, -0.15) is 0 Å². The molecule has 1 aromatic carbocycles. The van der Waals surface area contributed by atoms with Gasteiger partial charge in [0.1, 0.15) is 15.6 Å². The quantitative estimate of drug-likeness (QED) is 0.894. The predicted octanol–water partition coefficient (Wildman–Crippen LogP) is 1.74. The molecule has 19 heavy (non-hydrogen) atoms. The lowest BCUT2D eigenvalue weighted by Crippen LogP contribution is -2.25. The molecular weight excluding hydrogens is 264 g/mol. The smallest absolute Gasteiger partial charge is 0.147 e. The van der Waals surface area contributed by atoms with Gasteiger partial charge in [-0.15, -0.1) is 0 Å². The van der Waals surface area contributed by atoms with Crippen molar-refractivity contribution in [2.75, 3.05) is 18.6 Å². The largest absolute Gasteiger partial charge is 0.493 e. The van der Waals surface area contributed by atoms with Crippen molar-refractivity contribution in [3.05, 3.63) is 29.8 Å². The standard InChI is InChI=1S/C14H20O4S/c1-19(16,17)10-4-6-13(15)11-8-9-18-14-7-3-2-5-12(11)14/h2-3,5,7,11,13,15H,4,6,8-10H2,1H3. The van der Waals surface area contributed by atoms with Crippen molar-refractivity contribution in [2.45, 2.75) is 31.3 Å². The molecule has 0 spiro atoms. The lowest BCUT2D eigenvalue weighted by Gasteiger charge is -2.29. The van der Waals surface area contributed by atoms with Gasteiger partial charge in [-0.3, -0.25) is 0 Å². The third-order valence-electron chi connectivity index (χ3n) is 3.48. The maximum absolute atomic E-state index is 11.1. The number of para-hydroxylation sites is 1. The summed E-state index contributed by atoms with van der Waals surface area (Å²) >= 11 is 0. The van der Waals surface area contributed by atoms with Gasteiger partial charge in [0.25, 0.3) is 0 Å². The van der Waals surface area contributed by atoms with Crippen molar-refractivity contribution in [2.24, 2.45) is 0 Å². The van der Waals surface area contributed by atoms with Gasteiger partial charge in [-0.25, -0.2) is 8.42 Å². The summed E-state index contributed by atoms with van der Waals surface area (Å²) in [5.41, 5.74) is 1.03. The van der Waals surface area contributed by atoms with Crippen molar-refractivity contribution in [1.82, 2.24) is 0 Å². The van der Waals surface area contributed by atoms with Crippen LogP contribution in [0.2, 0.25) is 0 Å². The van der Waals surface area contributed by atoms with Gasteiger partial charge in [-0.1, -0.05) is 18.2 Å². The number of ether oxygens (including phenoxy) is 1. The first-order valence-corrected chi connectivity index (χ1v) is 8.61. The van der Waals surface area contributed by atoms with Crippen LogP contribution in [0.25, 0.3) is 0 Å². The molecule has 0 saturated carbocycles. The summed E-state index contributed by atoms with van der Waals surface area (Å²) in [5.74, 6) is 1.01. The van der Waals surface area contributed by atoms with Crippen molar-refractivity contribution in [3.63, 3.8) is 0 Å². The van der Waals surface area contributed by atoms with E-state index < -0.39 is 15.9 Å². The van der Waals surface area contributed by atoms with E-state index >= 15 is 0 Å². The molecule has 5 heteroatoms. The van der Waals surface area contributed by atoms with Gasteiger partial charge in [0, 0.05) is 17.9 Å². The molecule has 0 aliphatic carbocycles. The van der Waals surface area contributed by atoms with E-state index in [-0.39, 0.29) is 11.7 Å². The van der Waals surface area contributed by atoms with Crippen LogP contribution < -0.4 is 4.74 Å². The summed E-state index contributed by atoms with van der Waals surface area (Å²) in [7, 11) is -2.95. The van der Waals surface area contributed by atoms with Crippen LogP contribution in [0.15, 0.2) is 24.3 Å². The maximum atomic E-state index is 11.1.